The topological polar surface area (TPSA) is 85.8 Å². The van der Waals surface area contributed by atoms with Crippen molar-refractivity contribution in [1.29, 1.82) is 0 Å². The lowest BCUT2D eigenvalue weighted by Crippen LogP contribution is -2.49. The van der Waals surface area contributed by atoms with Crippen LogP contribution in [0, 0.1) is 5.41 Å². The highest BCUT2D eigenvalue weighted by molar-refractivity contribution is 7.80. The van der Waals surface area contributed by atoms with Gasteiger partial charge in [0.1, 0.15) is 6.33 Å². The molecule has 0 fully saturated rings. The summed E-state index contributed by atoms with van der Waals surface area (Å²) in [5.74, 6) is 0.638. The predicted molar refractivity (Wildman–Crippen MR) is 86.8 cm³/mol. The number of aryl methyl sites for hydroxylation is 1. The number of hydrogen-bond donors (Lipinski definition) is 2. The van der Waals surface area contributed by atoms with E-state index in [1.807, 2.05) is 20.9 Å². The standard InChI is InChI=1S/C14H25N5OS/c1-4-7-14(8-5-2,12(15)21)13(20)16-9-6-11-17-10-19(3)18-11/h10H,4-9H2,1-3H3,(H2,15,21)(H,16,20). The number of carbonyl (C=O) groups is 1. The normalized spacial score (nSPS) is 11.4. The second kappa shape index (κ2) is 8.07. The minimum Gasteiger partial charge on any atom is -0.392 e. The second-order valence-corrected chi connectivity index (χ2v) is 5.73. The zero-order chi connectivity index (χ0) is 15.9. The van der Waals surface area contributed by atoms with Crippen LogP contribution in [0.1, 0.15) is 45.4 Å². The number of thiocarbonyl (C=S) groups is 1. The molecule has 0 saturated carbocycles. The van der Waals surface area contributed by atoms with Gasteiger partial charge in [-0.15, -0.1) is 0 Å². The molecule has 6 nitrogen and oxygen atoms in total. The van der Waals surface area contributed by atoms with Gasteiger partial charge in [0.25, 0.3) is 0 Å². The molecule has 0 saturated heterocycles. The van der Waals surface area contributed by atoms with Crippen LogP contribution < -0.4 is 11.1 Å². The number of rotatable bonds is 9. The van der Waals surface area contributed by atoms with Crippen LogP contribution in [0.3, 0.4) is 0 Å². The first-order valence-corrected chi connectivity index (χ1v) is 7.79. The third kappa shape index (κ3) is 4.49. The van der Waals surface area contributed by atoms with Crippen molar-refractivity contribution < 1.29 is 4.79 Å². The average Bonchev–Trinajstić information content (AvgIpc) is 2.83. The van der Waals surface area contributed by atoms with Gasteiger partial charge in [-0.05, 0) is 12.8 Å². The SMILES string of the molecule is CCCC(CCC)(C(=O)NCCc1ncn(C)n1)C(N)=S. The molecule has 0 spiro atoms. The molecule has 21 heavy (non-hydrogen) atoms. The van der Waals surface area contributed by atoms with Crippen molar-refractivity contribution >= 4 is 23.1 Å². The lowest BCUT2D eigenvalue weighted by atomic mass is 9.78. The summed E-state index contributed by atoms with van der Waals surface area (Å²) in [6.45, 7) is 4.56. The number of nitrogens with zero attached hydrogens (tertiary/aromatic N) is 3. The molecule has 0 aliphatic rings. The van der Waals surface area contributed by atoms with Gasteiger partial charge in [0, 0.05) is 20.0 Å². The van der Waals surface area contributed by atoms with E-state index in [4.69, 9.17) is 18.0 Å². The highest BCUT2D eigenvalue weighted by atomic mass is 32.1. The van der Waals surface area contributed by atoms with Gasteiger partial charge in [0.05, 0.1) is 10.4 Å². The quantitative estimate of drug-likeness (QED) is 0.672. The molecule has 0 radical (unpaired) electrons. The Morgan fingerprint density at radius 3 is 2.48 bits per heavy atom. The van der Waals surface area contributed by atoms with Crippen molar-refractivity contribution in [2.75, 3.05) is 6.54 Å². The Kier molecular flexibility index (Phi) is 6.74. The van der Waals surface area contributed by atoms with E-state index in [-0.39, 0.29) is 5.91 Å². The average molecular weight is 311 g/mol. The molecular formula is C14H25N5OS. The molecule has 0 bridgehead atoms. The molecule has 0 aromatic carbocycles. The summed E-state index contributed by atoms with van der Waals surface area (Å²) in [6.07, 6.45) is 5.34. The fourth-order valence-corrected chi connectivity index (χ4v) is 2.82. The Morgan fingerprint density at radius 1 is 1.43 bits per heavy atom. The molecule has 0 aliphatic heterocycles. The van der Waals surface area contributed by atoms with E-state index < -0.39 is 5.41 Å². The maximum absolute atomic E-state index is 12.6. The lowest BCUT2D eigenvalue weighted by Gasteiger charge is -2.31. The summed E-state index contributed by atoms with van der Waals surface area (Å²) < 4.78 is 1.64. The Balaban J connectivity index is 2.65. The van der Waals surface area contributed by atoms with Crippen molar-refractivity contribution in [1.82, 2.24) is 20.1 Å². The highest BCUT2D eigenvalue weighted by Crippen LogP contribution is 2.30. The van der Waals surface area contributed by atoms with E-state index >= 15 is 0 Å². The number of hydrogen-bond acceptors (Lipinski definition) is 4. The van der Waals surface area contributed by atoms with E-state index in [9.17, 15) is 4.79 Å². The van der Waals surface area contributed by atoms with Gasteiger partial charge in [-0.3, -0.25) is 9.48 Å². The number of aromatic nitrogens is 3. The Hall–Kier alpha value is -1.50. The van der Waals surface area contributed by atoms with Gasteiger partial charge in [0.15, 0.2) is 5.82 Å². The first-order valence-electron chi connectivity index (χ1n) is 7.39. The van der Waals surface area contributed by atoms with Crippen LogP contribution in [0.5, 0.6) is 0 Å². The van der Waals surface area contributed by atoms with Crippen molar-refractivity contribution in [2.24, 2.45) is 18.2 Å². The number of nitrogens with one attached hydrogen (secondary N) is 1. The monoisotopic (exact) mass is 311 g/mol. The van der Waals surface area contributed by atoms with Crippen molar-refractivity contribution in [2.45, 2.75) is 46.0 Å². The van der Waals surface area contributed by atoms with E-state index in [1.165, 1.54) is 0 Å². The van der Waals surface area contributed by atoms with Gasteiger partial charge >= 0.3 is 0 Å². The van der Waals surface area contributed by atoms with Gasteiger partial charge in [-0.25, -0.2) is 4.98 Å². The van der Waals surface area contributed by atoms with Crippen molar-refractivity contribution in [3.8, 4) is 0 Å². The fourth-order valence-electron chi connectivity index (χ4n) is 2.52. The van der Waals surface area contributed by atoms with Crippen molar-refractivity contribution in [3.05, 3.63) is 12.2 Å². The van der Waals surface area contributed by atoms with Crippen LogP contribution in [0.4, 0.5) is 0 Å². The molecule has 1 aromatic rings. The number of nitrogens with two attached hydrogens (primary N) is 1. The van der Waals surface area contributed by atoms with Crippen LogP contribution in [-0.4, -0.2) is 32.2 Å². The summed E-state index contributed by atoms with van der Waals surface area (Å²) in [5.41, 5.74) is 5.15. The molecule has 1 amide bonds. The first-order chi connectivity index (χ1) is 9.96. The van der Waals surface area contributed by atoms with Crippen LogP contribution in [0.2, 0.25) is 0 Å². The Morgan fingerprint density at radius 2 is 2.05 bits per heavy atom. The van der Waals surface area contributed by atoms with E-state index in [0.29, 0.717) is 36.6 Å². The summed E-state index contributed by atoms with van der Waals surface area (Å²) in [6, 6.07) is 0. The van der Waals surface area contributed by atoms with Gasteiger partial charge in [-0.2, -0.15) is 5.10 Å². The Labute approximate surface area is 131 Å². The molecule has 0 atom stereocenters. The largest absolute Gasteiger partial charge is 0.392 e. The lowest BCUT2D eigenvalue weighted by molar-refractivity contribution is -0.128. The number of carbonyl (C=O) groups excluding carboxylic acids is 1. The smallest absolute Gasteiger partial charge is 0.233 e. The fraction of sp³-hybridized carbons (Fsp3) is 0.714. The van der Waals surface area contributed by atoms with Crippen LogP contribution in [0.15, 0.2) is 6.33 Å². The minimum absolute atomic E-state index is 0.0744. The van der Waals surface area contributed by atoms with E-state index in [2.05, 4.69) is 15.4 Å². The highest BCUT2D eigenvalue weighted by Gasteiger charge is 2.39. The maximum atomic E-state index is 12.6. The molecule has 0 aliphatic carbocycles. The third-order valence-corrected chi connectivity index (χ3v) is 3.93. The van der Waals surface area contributed by atoms with Crippen LogP contribution >= 0.6 is 12.2 Å². The summed E-state index contributed by atoms with van der Waals surface area (Å²) in [7, 11) is 1.81. The van der Waals surface area contributed by atoms with Crippen molar-refractivity contribution in [3.63, 3.8) is 0 Å². The summed E-state index contributed by atoms with van der Waals surface area (Å²) in [4.78, 5) is 17.0. The molecular weight excluding hydrogens is 286 g/mol. The minimum atomic E-state index is -0.726. The molecule has 1 heterocycles. The van der Waals surface area contributed by atoms with Gasteiger partial charge < -0.3 is 11.1 Å². The first kappa shape index (κ1) is 17.6. The molecule has 118 valence electrons. The molecule has 7 heteroatoms. The summed E-state index contributed by atoms with van der Waals surface area (Å²) >= 11 is 5.17. The van der Waals surface area contributed by atoms with Gasteiger partial charge in [-0.1, -0.05) is 38.9 Å². The van der Waals surface area contributed by atoms with E-state index in [1.54, 1.807) is 11.0 Å². The van der Waals surface area contributed by atoms with Crippen LogP contribution in [0.25, 0.3) is 0 Å². The second-order valence-electron chi connectivity index (χ2n) is 5.29. The van der Waals surface area contributed by atoms with E-state index in [0.717, 1.165) is 12.8 Å². The number of amides is 1. The third-order valence-electron chi connectivity index (χ3n) is 3.54. The molecule has 1 rings (SSSR count). The maximum Gasteiger partial charge on any atom is 0.233 e. The Bertz CT molecular complexity index is 479. The molecule has 1 aromatic heterocycles. The zero-order valence-corrected chi connectivity index (χ0v) is 13.9. The predicted octanol–water partition coefficient (Wildman–Crippen LogP) is 1.35. The zero-order valence-electron chi connectivity index (χ0n) is 13.1. The molecule has 0 unspecified atom stereocenters. The molecule has 3 N–H and O–H groups in total. The van der Waals surface area contributed by atoms with Gasteiger partial charge in [0.2, 0.25) is 5.91 Å². The van der Waals surface area contributed by atoms with Crippen LogP contribution in [-0.2, 0) is 18.3 Å². The summed E-state index contributed by atoms with van der Waals surface area (Å²) in [5, 5.41) is 7.12.